The number of benzene rings is 1. The molecule has 1 aliphatic rings. The number of hydrogen-bond acceptors (Lipinski definition) is 3. The number of nitrogen functional groups attached to an aromatic ring is 1. The van der Waals surface area contributed by atoms with E-state index in [-0.39, 0.29) is 0 Å². The Balaban J connectivity index is 1.74. The lowest BCUT2D eigenvalue weighted by Crippen LogP contribution is -2.30. The van der Waals surface area contributed by atoms with Gasteiger partial charge in [0.1, 0.15) is 0 Å². The summed E-state index contributed by atoms with van der Waals surface area (Å²) in [6.07, 6.45) is 3.65. The van der Waals surface area contributed by atoms with E-state index in [1.54, 1.807) is 0 Å². The van der Waals surface area contributed by atoms with Crippen molar-refractivity contribution < 1.29 is 4.74 Å². The van der Waals surface area contributed by atoms with Gasteiger partial charge in [0.15, 0.2) is 0 Å². The van der Waals surface area contributed by atoms with Crippen LogP contribution in [-0.4, -0.2) is 19.3 Å². The summed E-state index contributed by atoms with van der Waals surface area (Å²) in [5, 5.41) is 3.57. The zero-order valence-electron chi connectivity index (χ0n) is 11.2. The summed E-state index contributed by atoms with van der Waals surface area (Å²) in [7, 11) is 0. The molecule has 0 bridgehead atoms. The van der Waals surface area contributed by atoms with Crippen LogP contribution < -0.4 is 11.1 Å². The standard InChI is InChI=1S/C15H24N2O/c1-12(10-13-6-8-18-9-7-13)17-11-14-4-2-3-5-15(14)16/h2-5,12-13,17H,6-11,16H2,1H3. The van der Waals surface area contributed by atoms with Crippen molar-refractivity contribution in [3.8, 4) is 0 Å². The SMILES string of the molecule is CC(CC1CCOCC1)NCc1ccccc1N. The Morgan fingerprint density at radius 3 is 2.78 bits per heavy atom. The number of nitrogens with two attached hydrogens (primary N) is 1. The minimum atomic E-state index is 0.535. The van der Waals surface area contributed by atoms with Gasteiger partial charge in [-0.1, -0.05) is 18.2 Å². The zero-order chi connectivity index (χ0) is 12.8. The molecule has 100 valence electrons. The second-order valence-corrected chi connectivity index (χ2v) is 5.27. The van der Waals surface area contributed by atoms with Crippen LogP contribution in [0.4, 0.5) is 5.69 Å². The lowest BCUT2D eigenvalue weighted by molar-refractivity contribution is 0.0611. The highest BCUT2D eigenvalue weighted by atomic mass is 16.5. The van der Waals surface area contributed by atoms with E-state index in [0.29, 0.717) is 6.04 Å². The molecule has 0 spiro atoms. The van der Waals surface area contributed by atoms with E-state index in [1.165, 1.54) is 24.8 Å². The Bertz CT molecular complexity index is 361. The molecular formula is C15H24N2O. The van der Waals surface area contributed by atoms with Crippen molar-refractivity contribution in [1.29, 1.82) is 0 Å². The lowest BCUT2D eigenvalue weighted by atomic mass is 9.93. The molecular weight excluding hydrogens is 224 g/mol. The Labute approximate surface area is 110 Å². The van der Waals surface area contributed by atoms with Crippen LogP contribution in [0.25, 0.3) is 0 Å². The summed E-state index contributed by atoms with van der Waals surface area (Å²) in [6.45, 7) is 4.98. The normalized spacial score (nSPS) is 18.7. The Morgan fingerprint density at radius 1 is 1.33 bits per heavy atom. The highest BCUT2D eigenvalue weighted by molar-refractivity contribution is 5.46. The number of rotatable bonds is 5. The number of anilines is 1. The van der Waals surface area contributed by atoms with Gasteiger partial charge < -0.3 is 15.8 Å². The maximum absolute atomic E-state index is 5.93. The maximum Gasteiger partial charge on any atom is 0.0468 e. The molecule has 0 amide bonds. The molecule has 0 radical (unpaired) electrons. The van der Waals surface area contributed by atoms with Gasteiger partial charge in [0.25, 0.3) is 0 Å². The molecule has 3 N–H and O–H groups in total. The third kappa shape index (κ3) is 4.00. The smallest absolute Gasteiger partial charge is 0.0468 e. The lowest BCUT2D eigenvalue weighted by Gasteiger charge is -2.25. The van der Waals surface area contributed by atoms with Crippen LogP contribution in [0.2, 0.25) is 0 Å². The van der Waals surface area contributed by atoms with E-state index < -0.39 is 0 Å². The summed E-state index contributed by atoms with van der Waals surface area (Å²) in [6, 6.07) is 8.59. The second-order valence-electron chi connectivity index (χ2n) is 5.27. The van der Waals surface area contributed by atoms with E-state index in [9.17, 15) is 0 Å². The predicted octanol–water partition coefficient (Wildman–Crippen LogP) is 2.56. The fourth-order valence-corrected chi connectivity index (χ4v) is 2.54. The highest BCUT2D eigenvalue weighted by Gasteiger charge is 2.16. The molecule has 0 saturated carbocycles. The van der Waals surface area contributed by atoms with Crippen molar-refractivity contribution in [3.63, 3.8) is 0 Å². The van der Waals surface area contributed by atoms with Gasteiger partial charge in [-0.3, -0.25) is 0 Å². The van der Waals surface area contributed by atoms with Gasteiger partial charge >= 0.3 is 0 Å². The summed E-state index contributed by atoms with van der Waals surface area (Å²) < 4.78 is 5.39. The van der Waals surface area contributed by atoms with Gasteiger partial charge in [-0.05, 0) is 43.7 Å². The van der Waals surface area contributed by atoms with Crippen molar-refractivity contribution in [2.45, 2.75) is 38.8 Å². The van der Waals surface area contributed by atoms with Crippen LogP contribution >= 0.6 is 0 Å². The van der Waals surface area contributed by atoms with Crippen LogP contribution in [0.3, 0.4) is 0 Å². The molecule has 3 nitrogen and oxygen atoms in total. The Kier molecular flexibility index (Phi) is 5.02. The Hall–Kier alpha value is -1.06. The van der Waals surface area contributed by atoms with Gasteiger partial charge in [-0.2, -0.15) is 0 Å². The van der Waals surface area contributed by atoms with E-state index in [2.05, 4.69) is 18.3 Å². The molecule has 1 unspecified atom stereocenters. The summed E-state index contributed by atoms with van der Waals surface area (Å²) >= 11 is 0. The number of ether oxygens (including phenoxy) is 1. The summed E-state index contributed by atoms with van der Waals surface area (Å²) in [4.78, 5) is 0. The molecule has 18 heavy (non-hydrogen) atoms. The van der Waals surface area contributed by atoms with Crippen molar-refractivity contribution >= 4 is 5.69 Å². The van der Waals surface area contributed by atoms with Crippen LogP contribution in [0.1, 0.15) is 31.7 Å². The molecule has 1 aliphatic heterocycles. The van der Waals surface area contributed by atoms with Gasteiger partial charge in [-0.15, -0.1) is 0 Å². The maximum atomic E-state index is 5.93. The Morgan fingerprint density at radius 2 is 2.06 bits per heavy atom. The first-order chi connectivity index (χ1) is 8.75. The third-order valence-electron chi connectivity index (χ3n) is 3.72. The monoisotopic (exact) mass is 248 g/mol. The predicted molar refractivity (Wildman–Crippen MR) is 75.3 cm³/mol. The van der Waals surface area contributed by atoms with E-state index in [1.807, 2.05) is 18.2 Å². The van der Waals surface area contributed by atoms with Gasteiger partial charge in [0.05, 0.1) is 0 Å². The molecule has 1 atom stereocenters. The minimum Gasteiger partial charge on any atom is -0.398 e. The molecule has 2 rings (SSSR count). The quantitative estimate of drug-likeness (QED) is 0.787. The molecule has 1 saturated heterocycles. The highest BCUT2D eigenvalue weighted by Crippen LogP contribution is 2.20. The second kappa shape index (κ2) is 6.76. The number of hydrogen-bond donors (Lipinski definition) is 2. The van der Waals surface area contributed by atoms with Crippen molar-refractivity contribution in [1.82, 2.24) is 5.32 Å². The average molecular weight is 248 g/mol. The first-order valence-corrected chi connectivity index (χ1v) is 6.90. The number of nitrogens with one attached hydrogen (secondary N) is 1. The average Bonchev–Trinajstić information content (AvgIpc) is 2.39. The van der Waals surface area contributed by atoms with Crippen molar-refractivity contribution in [2.75, 3.05) is 18.9 Å². The van der Waals surface area contributed by atoms with Crippen LogP contribution in [0.5, 0.6) is 0 Å². The molecule has 1 fully saturated rings. The van der Waals surface area contributed by atoms with Gasteiger partial charge in [-0.25, -0.2) is 0 Å². The van der Waals surface area contributed by atoms with Crippen molar-refractivity contribution in [3.05, 3.63) is 29.8 Å². The molecule has 1 aromatic rings. The fourth-order valence-electron chi connectivity index (χ4n) is 2.54. The fraction of sp³-hybridized carbons (Fsp3) is 0.600. The van der Waals surface area contributed by atoms with Crippen LogP contribution in [0, 0.1) is 5.92 Å². The van der Waals surface area contributed by atoms with E-state index in [0.717, 1.165) is 31.4 Å². The van der Waals surface area contributed by atoms with E-state index in [4.69, 9.17) is 10.5 Å². The molecule has 0 aliphatic carbocycles. The molecule has 1 aromatic carbocycles. The summed E-state index contributed by atoms with van der Waals surface area (Å²) in [5.41, 5.74) is 8.00. The zero-order valence-corrected chi connectivity index (χ0v) is 11.2. The van der Waals surface area contributed by atoms with Gasteiger partial charge in [0, 0.05) is 31.5 Å². The largest absolute Gasteiger partial charge is 0.398 e. The van der Waals surface area contributed by atoms with Crippen molar-refractivity contribution in [2.24, 2.45) is 5.92 Å². The summed E-state index contributed by atoms with van der Waals surface area (Å²) in [5.74, 6) is 0.814. The number of para-hydroxylation sites is 1. The van der Waals surface area contributed by atoms with E-state index >= 15 is 0 Å². The topological polar surface area (TPSA) is 47.3 Å². The minimum absolute atomic E-state index is 0.535. The van der Waals surface area contributed by atoms with Gasteiger partial charge in [0.2, 0.25) is 0 Å². The molecule has 1 heterocycles. The van der Waals surface area contributed by atoms with Crippen LogP contribution in [-0.2, 0) is 11.3 Å². The third-order valence-corrected chi connectivity index (χ3v) is 3.72. The molecule has 0 aromatic heterocycles. The van der Waals surface area contributed by atoms with Crippen LogP contribution in [0.15, 0.2) is 24.3 Å². The molecule has 3 heteroatoms. The first-order valence-electron chi connectivity index (χ1n) is 6.90. The first kappa shape index (κ1) is 13.4.